The average Bonchev–Trinajstić information content (AvgIpc) is 2.92. The molecule has 0 saturated heterocycles. The van der Waals surface area contributed by atoms with Crippen molar-refractivity contribution in [1.29, 1.82) is 0 Å². The topological polar surface area (TPSA) is 148 Å². The van der Waals surface area contributed by atoms with Crippen molar-refractivity contribution in [2.75, 3.05) is 25.0 Å². The predicted molar refractivity (Wildman–Crippen MR) is 141 cm³/mol. The normalized spacial score (nSPS) is 10.7. The van der Waals surface area contributed by atoms with E-state index in [4.69, 9.17) is 10.5 Å². The third-order valence-corrected chi connectivity index (χ3v) is 5.68. The fourth-order valence-corrected chi connectivity index (χ4v) is 3.80. The molecular weight excluding hydrogens is 472 g/mol. The average molecular weight is 501 g/mol. The van der Waals surface area contributed by atoms with Gasteiger partial charge < -0.3 is 26.4 Å². The molecule has 0 saturated carbocycles. The van der Waals surface area contributed by atoms with Crippen LogP contribution in [0.15, 0.2) is 67.0 Å². The lowest BCUT2D eigenvalue weighted by Crippen LogP contribution is -2.31. The zero-order valence-electron chi connectivity index (χ0n) is 20.2. The van der Waals surface area contributed by atoms with Gasteiger partial charge in [-0.3, -0.25) is 14.6 Å². The van der Waals surface area contributed by atoms with E-state index >= 15 is 0 Å². The Balaban J connectivity index is 1.21. The van der Waals surface area contributed by atoms with Crippen molar-refractivity contribution in [3.63, 3.8) is 0 Å². The summed E-state index contributed by atoms with van der Waals surface area (Å²) in [5.74, 6) is -0.0155. The molecule has 10 heteroatoms. The molecule has 0 radical (unpaired) electrons. The van der Waals surface area contributed by atoms with E-state index in [1.165, 1.54) is 0 Å². The molecule has 4 rings (SSSR count). The van der Waals surface area contributed by atoms with Crippen molar-refractivity contribution in [3.05, 3.63) is 78.1 Å². The summed E-state index contributed by atoms with van der Waals surface area (Å²) in [6, 6.07) is 16.4. The van der Waals surface area contributed by atoms with Crippen LogP contribution in [0.2, 0.25) is 0 Å². The second-order valence-corrected chi connectivity index (χ2v) is 8.35. The molecule has 10 nitrogen and oxygen atoms in total. The number of rotatable bonds is 11. The second kappa shape index (κ2) is 12.3. The van der Waals surface area contributed by atoms with E-state index in [9.17, 15) is 14.4 Å². The van der Waals surface area contributed by atoms with Crippen LogP contribution < -0.4 is 21.7 Å². The molecule has 0 atom stereocenters. The fraction of sp³-hybridized carbons (Fsp3) is 0.222. The number of amides is 3. The minimum absolute atomic E-state index is 0.153. The first-order chi connectivity index (χ1) is 18.0. The molecule has 2 aromatic heterocycles. The first-order valence-electron chi connectivity index (χ1n) is 11.9. The molecule has 0 unspecified atom stereocenters. The molecule has 3 amide bonds. The number of fused-ring (bicyclic) bond motifs is 3. The van der Waals surface area contributed by atoms with E-state index in [0.717, 1.165) is 21.7 Å². The number of nitrogens with one attached hydrogen (secondary N) is 3. The Hall–Kier alpha value is -4.73. The maximum absolute atomic E-state index is 12.1. The molecule has 0 aliphatic heterocycles. The molecule has 0 fully saturated rings. The van der Waals surface area contributed by atoms with E-state index in [-0.39, 0.29) is 25.5 Å². The number of hydrogen-bond acceptors (Lipinski definition) is 7. The molecule has 0 bridgehead atoms. The third kappa shape index (κ3) is 6.91. The zero-order chi connectivity index (χ0) is 26.0. The number of nitrogens with zero attached hydrogens (tertiary/aromatic N) is 2. The number of nitrogens with two attached hydrogens (primary N) is 1. The van der Waals surface area contributed by atoms with Crippen molar-refractivity contribution in [3.8, 4) is 0 Å². The lowest BCUT2D eigenvalue weighted by molar-refractivity contribution is -0.120. The number of primary amides is 1. The molecule has 2 aromatic carbocycles. The van der Waals surface area contributed by atoms with Crippen LogP contribution in [0.5, 0.6) is 0 Å². The Morgan fingerprint density at radius 1 is 0.892 bits per heavy atom. The van der Waals surface area contributed by atoms with Crippen LogP contribution in [0, 0.1) is 0 Å². The Morgan fingerprint density at radius 2 is 1.73 bits per heavy atom. The van der Waals surface area contributed by atoms with Gasteiger partial charge in [0.2, 0.25) is 11.8 Å². The van der Waals surface area contributed by atoms with Crippen LogP contribution in [0.4, 0.5) is 10.6 Å². The van der Waals surface area contributed by atoms with Crippen LogP contribution in [-0.2, 0) is 16.1 Å². The van der Waals surface area contributed by atoms with Crippen molar-refractivity contribution in [1.82, 2.24) is 20.6 Å². The summed E-state index contributed by atoms with van der Waals surface area (Å²) in [5, 5.41) is 11.4. The fourth-order valence-electron chi connectivity index (χ4n) is 3.80. The number of aromatic nitrogens is 2. The first kappa shape index (κ1) is 25.4. The van der Waals surface area contributed by atoms with Gasteiger partial charge in [0.15, 0.2) is 0 Å². The number of carbonyl (C=O) groups is 3. The number of anilines is 1. The van der Waals surface area contributed by atoms with Crippen LogP contribution in [0.1, 0.15) is 28.8 Å². The van der Waals surface area contributed by atoms with E-state index in [1.807, 2.05) is 42.5 Å². The summed E-state index contributed by atoms with van der Waals surface area (Å²) in [6.07, 6.45) is 3.71. The van der Waals surface area contributed by atoms with Crippen molar-refractivity contribution >= 4 is 45.4 Å². The number of benzene rings is 2. The molecule has 37 heavy (non-hydrogen) atoms. The van der Waals surface area contributed by atoms with Gasteiger partial charge in [-0.15, -0.1) is 0 Å². The van der Waals surface area contributed by atoms with Crippen molar-refractivity contribution in [2.24, 2.45) is 5.73 Å². The number of alkyl carbamates (subject to hydrolysis) is 1. The molecule has 0 aliphatic rings. The highest BCUT2D eigenvalue weighted by Crippen LogP contribution is 2.29. The Bertz CT molecular complexity index is 1410. The van der Waals surface area contributed by atoms with Gasteiger partial charge in [-0.05, 0) is 30.2 Å². The summed E-state index contributed by atoms with van der Waals surface area (Å²) < 4.78 is 5.12. The SMILES string of the molecule is NC(=O)c1ccc2c(c1)nc(NCCCNC(=O)CCNC(=O)OCc1ccccc1)c1ccncc12. The highest BCUT2D eigenvalue weighted by molar-refractivity contribution is 6.11. The number of hydrogen-bond donors (Lipinski definition) is 4. The minimum atomic E-state index is -0.561. The molecule has 4 aromatic rings. The second-order valence-electron chi connectivity index (χ2n) is 8.35. The molecule has 190 valence electrons. The minimum Gasteiger partial charge on any atom is -0.445 e. The Labute approximate surface area is 213 Å². The monoisotopic (exact) mass is 500 g/mol. The zero-order valence-corrected chi connectivity index (χ0v) is 20.2. The van der Waals surface area contributed by atoms with Crippen molar-refractivity contribution in [2.45, 2.75) is 19.4 Å². The highest BCUT2D eigenvalue weighted by Gasteiger charge is 2.11. The third-order valence-electron chi connectivity index (χ3n) is 5.68. The number of ether oxygens (including phenoxy) is 1. The van der Waals surface area contributed by atoms with Gasteiger partial charge in [-0.1, -0.05) is 36.4 Å². The van der Waals surface area contributed by atoms with Crippen molar-refractivity contribution < 1.29 is 19.1 Å². The van der Waals surface area contributed by atoms with Gasteiger partial charge in [-0.2, -0.15) is 0 Å². The van der Waals surface area contributed by atoms with Gasteiger partial charge in [0.05, 0.1) is 5.52 Å². The molecule has 0 spiro atoms. The van der Waals surface area contributed by atoms with E-state index in [1.54, 1.807) is 24.5 Å². The van der Waals surface area contributed by atoms with Crippen LogP contribution in [0.3, 0.4) is 0 Å². The van der Waals surface area contributed by atoms with Gasteiger partial charge in [0.25, 0.3) is 0 Å². The predicted octanol–water partition coefficient (Wildman–Crippen LogP) is 3.12. The maximum atomic E-state index is 12.1. The largest absolute Gasteiger partial charge is 0.445 e. The van der Waals surface area contributed by atoms with E-state index < -0.39 is 12.0 Å². The van der Waals surface area contributed by atoms with Crippen LogP contribution >= 0.6 is 0 Å². The van der Waals surface area contributed by atoms with Gasteiger partial charge in [-0.25, -0.2) is 9.78 Å². The first-order valence-corrected chi connectivity index (χ1v) is 11.9. The molecule has 0 aliphatic carbocycles. The Kier molecular flexibility index (Phi) is 8.43. The maximum Gasteiger partial charge on any atom is 0.407 e. The summed E-state index contributed by atoms with van der Waals surface area (Å²) in [6.45, 7) is 1.39. The molecular formula is C27H28N6O4. The van der Waals surface area contributed by atoms with Gasteiger partial charge in [0, 0.05) is 60.2 Å². The van der Waals surface area contributed by atoms with E-state index in [0.29, 0.717) is 36.4 Å². The lowest BCUT2D eigenvalue weighted by atomic mass is 10.1. The van der Waals surface area contributed by atoms with Crippen LogP contribution in [0.25, 0.3) is 21.7 Å². The number of pyridine rings is 2. The summed E-state index contributed by atoms with van der Waals surface area (Å²) in [7, 11) is 0. The standard InChI is InChI=1S/C27H28N6O4/c28-25(35)19-7-8-20-22-16-29-13-9-21(22)26(33-23(20)15-19)31-12-4-11-30-24(34)10-14-32-27(36)37-17-18-5-2-1-3-6-18/h1-3,5-9,13,15-16H,4,10-12,14,17H2,(H2,28,35)(H,30,34)(H,31,33)(H,32,36). The summed E-state index contributed by atoms with van der Waals surface area (Å²) >= 11 is 0. The van der Waals surface area contributed by atoms with Crippen LogP contribution in [-0.4, -0.2) is 47.5 Å². The highest BCUT2D eigenvalue weighted by atomic mass is 16.5. The summed E-state index contributed by atoms with van der Waals surface area (Å²) in [5.41, 5.74) is 7.34. The van der Waals surface area contributed by atoms with E-state index in [2.05, 4.69) is 25.9 Å². The lowest BCUT2D eigenvalue weighted by Gasteiger charge is -2.12. The number of carbonyl (C=O) groups excluding carboxylic acids is 3. The molecule has 5 N–H and O–H groups in total. The smallest absolute Gasteiger partial charge is 0.407 e. The Morgan fingerprint density at radius 3 is 2.54 bits per heavy atom. The van der Waals surface area contributed by atoms with Gasteiger partial charge >= 0.3 is 6.09 Å². The van der Waals surface area contributed by atoms with Gasteiger partial charge in [0.1, 0.15) is 12.4 Å². The molecule has 2 heterocycles. The summed E-state index contributed by atoms with van der Waals surface area (Å²) in [4.78, 5) is 44.3. The quantitative estimate of drug-likeness (QED) is 0.183.